The molecule has 1 heterocycles. The Kier molecular flexibility index (Phi) is 8.70. The molecule has 1 saturated heterocycles. The monoisotopic (exact) mass is 520 g/mol. The first kappa shape index (κ1) is 27.2. The minimum Gasteiger partial charge on any atom is -0.461 e. The topological polar surface area (TPSA) is 132 Å². The summed E-state index contributed by atoms with van der Waals surface area (Å²) in [6, 6.07) is 13.7. The van der Waals surface area contributed by atoms with E-state index < -0.39 is 52.3 Å². The predicted molar refractivity (Wildman–Crippen MR) is 126 cm³/mol. The molecule has 0 unspecified atom stereocenters. The summed E-state index contributed by atoms with van der Waals surface area (Å²) in [6.45, 7) is 3.44. The number of ether oxygens (including phenoxy) is 5. The lowest BCUT2D eigenvalue weighted by Crippen LogP contribution is -2.59. The van der Waals surface area contributed by atoms with Gasteiger partial charge >= 0.3 is 17.9 Å². The first-order valence-corrected chi connectivity index (χ1v) is 13.0. The lowest BCUT2D eigenvalue weighted by atomic mass is 10.0. The number of hydrogen-bond acceptors (Lipinski definition) is 10. The Morgan fingerprint density at radius 2 is 1.31 bits per heavy atom. The molecule has 0 aliphatic carbocycles. The SMILES string of the molecule is CC(=O)O[C@@H]1[C@@H](OC(C)=O)[C@@H](Oc2ccc(Cc3ccc(S(C)(=O)=O)cc3)cc2)OC[C@H]1OC(C)=O. The van der Waals surface area contributed by atoms with Crippen LogP contribution in [0.1, 0.15) is 31.9 Å². The quantitative estimate of drug-likeness (QED) is 0.377. The van der Waals surface area contributed by atoms with Gasteiger partial charge in [-0.3, -0.25) is 14.4 Å². The summed E-state index contributed by atoms with van der Waals surface area (Å²) >= 11 is 0. The molecule has 0 amide bonds. The van der Waals surface area contributed by atoms with Crippen LogP contribution in [0.3, 0.4) is 0 Å². The molecule has 0 aromatic heterocycles. The summed E-state index contributed by atoms with van der Waals surface area (Å²) in [5, 5.41) is 0. The highest BCUT2D eigenvalue weighted by atomic mass is 32.2. The van der Waals surface area contributed by atoms with Gasteiger partial charge < -0.3 is 23.7 Å². The van der Waals surface area contributed by atoms with Gasteiger partial charge in [-0.15, -0.1) is 0 Å². The smallest absolute Gasteiger partial charge is 0.303 e. The Bertz CT molecular complexity index is 1190. The molecule has 0 spiro atoms. The van der Waals surface area contributed by atoms with Gasteiger partial charge in [0.05, 0.1) is 11.5 Å². The highest BCUT2D eigenvalue weighted by Crippen LogP contribution is 2.27. The van der Waals surface area contributed by atoms with Gasteiger partial charge in [0, 0.05) is 27.0 Å². The number of rotatable bonds is 8. The zero-order valence-electron chi connectivity index (χ0n) is 20.3. The molecule has 0 N–H and O–H groups in total. The number of benzene rings is 2. The maximum Gasteiger partial charge on any atom is 0.303 e. The van der Waals surface area contributed by atoms with E-state index >= 15 is 0 Å². The molecule has 0 saturated carbocycles. The number of carbonyl (C=O) groups is 3. The molecule has 1 fully saturated rings. The average molecular weight is 521 g/mol. The van der Waals surface area contributed by atoms with Crippen molar-refractivity contribution in [2.45, 2.75) is 56.7 Å². The molecule has 1 aliphatic rings. The van der Waals surface area contributed by atoms with Gasteiger partial charge in [-0.2, -0.15) is 0 Å². The second kappa shape index (κ2) is 11.5. The average Bonchev–Trinajstić information content (AvgIpc) is 2.78. The fourth-order valence-corrected chi connectivity index (χ4v) is 4.35. The van der Waals surface area contributed by atoms with E-state index in [-0.39, 0.29) is 11.5 Å². The normalized spacial score (nSPS) is 21.8. The van der Waals surface area contributed by atoms with Crippen LogP contribution in [0.2, 0.25) is 0 Å². The Morgan fingerprint density at radius 3 is 1.81 bits per heavy atom. The third-order valence-electron chi connectivity index (χ3n) is 5.24. The number of esters is 3. The molecule has 194 valence electrons. The first-order chi connectivity index (χ1) is 16.9. The fourth-order valence-electron chi connectivity index (χ4n) is 3.72. The van der Waals surface area contributed by atoms with Crippen molar-refractivity contribution in [1.29, 1.82) is 0 Å². The predicted octanol–water partition coefficient (Wildman–Crippen LogP) is 2.21. The van der Waals surface area contributed by atoms with Crippen LogP contribution in [0.15, 0.2) is 53.4 Å². The molecule has 1 aliphatic heterocycles. The Hall–Kier alpha value is -3.44. The molecule has 4 atom stereocenters. The molecule has 2 aromatic carbocycles. The van der Waals surface area contributed by atoms with Crippen LogP contribution >= 0.6 is 0 Å². The Labute approximate surface area is 209 Å². The summed E-state index contributed by atoms with van der Waals surface area (Å²) in [7, 11) is -3.26. The van der Waals surface area contributed by atoms with E-state index in [1.165, 1.54) is 20.8 Å². The molecule has 2 aromatic rings. The van der Waals surface area contributed by atoms with Crippen LogP contribution < -0.4 is 4.74 Å². The molecule has 3 rings (SSSR count). The van der Waals surface area contributed by atoms with E-state index in [0.717, 1.165) is 17.4 Å². The van der Waals surface area contributed by atoms with Crippen molar-refractivity contribution < 1.29 is 46.5 Å². The number of hydrogen-bond donors (Lipinski definition) is 0. The number of carbonyl (C=O) groups excluding carboxylic acids is 3. The first-order valence-electron chi connectivity index (χ1n) is 11.1. The van der Waals surface area contributed by atoms with E-state index in [4.69, 9.17) is 23.7 Å². The van der Waals surface area contributed by atoms with Gasteiger partial charge in [-0.25, -0.2) is 8.42 Å². The van der Waals surface area contributed by atoms with Crippen molar-refractivity contribution >= 4 is 27.7 Å². The summed E-state index contributed by atoms with van der Waals surface area (Å²) < 4.78 is 50.7. The fraction of sp³-hybridized carbons (Fsp3) is 0.400. The third kappa shape index (κ3) is 7.53. The summed E-state index contributed by atoms with van der Waals surface area (Å²) in [4.78, 5) is 35.2. The summed E-state index contributed by atoms with van der Waals surface area (Å²) in [5.41, 5.74) is 1.88. The van der Waals surface area contributed by atoms with Gasteiger partial charge in [-0.05, 0) is 41.8 Å². The maximum absolute atomic E-state index is 11.7. The van der Waals surface area contributed by atoms with Crippen LogP contribution in [0.4, 0.5) is 0 Å². The van der Waals surface area contributed by atoms with Gasteiger partial charge in [0.2, 0.25) is 12.4 Å². The summed E-state index contributed by atoms with van der Waals surface area (Å²) in [6.07, 6.45) is -2.68. The van der Waals surface area contributed by atoms with Crippen molar-refractivity contribution in [2.24, 2.45) is 0 Å². The van der Waals surface area contributed by atoms with E-state index in [0.29, 0.717) is 12.2 Å². The molecule has 0 radical (unpaired) electrons. The van der Waals surface area contributed by atoms with Crippen molar-refractivity contribution in [3.8, 4) is 5.75 Å². The maximum atomic E-state index is 11.7. The van der Waals surface area contributed by atoms with Gasteiger partial charge in [0.25, 0.3) is 0 Å². The Balaban J connectivity index is 1.73. The Morgan fingerprint density at radius 1 is 0.806 bits per heavy atom. The van der Waals surface area contributed by atoms with Crippen LogP contribution in [0.25, 0.3) is 0 Å². The van der Waals surface area contributed by atoms with Crippen LogP contribution in [-0.2, 0) is 49.6 Å². The van der Waals surface area contributed by atoms with E-state index in [2.05, 4.69) is 0 Å². The lowest BCUT2D eigenvalue weighted by Gasteiger charge is -2.40. The van der Waals surface area contributed by atoms with E-state index in [1.54, 1.807) is 36.4 Å². The number of sulfone groups is 1. The standard InChI is InChI=1S/C25H28O10S/c1-15(26)32-22-14-31-25(24(34-17(3)28)23(22)33-16(2)27)35-20-9-5-18(6-10-20)13-19-7-11-21(12-8-19)36(4,29)30/h5-12,22-25H,13-14H2,1-4H3/t22-,23+,24-,25-/m1/s1. The van der Waals surface area contributed by atoms with Crippen molar-refractivity contribution in [2.75, 3.05) is 12.9 Å². The van der Waals surface area contributed by atoms with E-state index in [9.17, 15) is 22.8 Å². The van der Waals surface area contributed by atoms with Crippen molar-refractivity contribution in [3.63, 3.8) is 0 Å². The molecular weight excluding hydrogens is 492 g/mol. The third-order valence-corrected chi connectivity index (χ3v) is 6.37. The second-order valence-electron chi connectivity index (χ2n) is 8.35. The van der Waals surface area contributed by atoms with Crippen LogP contribution in [0, 0.1) is 0 Å². The van der Waals surface area contributed by atoms with Crippen molar-refractivity contribution in [1.82, 2.24) is 0 Å². The lowest BCUT2D eigenvalue weighted by molar-refractivity contribution is -0.259. The molecule has 0 bridgehead atoms. The molecule has 10 nitrogen and oxygen atoms in total. The van der Waals surface area contributed by atoms with Crippen LogP contribution in [0.5, 0.6) is 5.75 Å². The van der Waals surface area contributed by atoms with Crippen LogP contribution in [-0.4, -0.2) is 63.8 Å². The van der Waals surface area contributed by atoms with Crippen molar-refractivity contribution in [3.05, 3.63) is 59.7 Å². The highest BCUT2D eigenvalue weighted by Gasteiger charge is 2.48. The molecule has 11 heteroatoms. The zero-order valence-corrected chi connectivity index (χ0v) is 21.1. The van der Waals surface area contributed by atoms with Gasteiger partial charge in [0.15, 0.2) is 22.0 Å². The van der Waals surface area contributed by atoms with Gasteiger partial charge in [0.1, 0.15) is 5.75 Å². The minimum atomic E-state index is -3.26. The highest BCUT2D eigenvalue weighted by molar-refractivity contribution is 7.90. The minimum absolute atomic E-state index is 0.137. The molecule has 36 heavy (non-hydrogen) atoms. The molecular formula is C25H28O10S. The van der Waals surface area contributed by atoms with Gasteiger partial charge in [-0.1, -0.05) is 24.3 Å². The second-order valence-corrected chi connectivity index (χ2v) is 10.4. The van der Waals surface area contributed by atoms with E-state index in [1.807, 2.05) is 12.1 Å². The zero-order chi connectivity index (χ0) is 26.5. The largest absolute Gasteiger partial charge is 0.461 e. The summed E-state index contributed by atoms with van der Waals surface area (Å²) in [5.74, 6) is -1.51.